The van der Waals surface area contributed by atoms with Gasteiger partial charge in [-0.25, -0.2) is 0 Å². The second kappa shape index (κ2) is 8.62. The molecule has 7 heteroatoms. The Balaban J connectivity index is 1.54. The zero-order chi connectivity index (χ0) is 18.4. The maximum Gasteiger partial charge on any atom is 0.227 e. The number of ether oxygens (including phenoxy) is 1. The quantitative estimate of drug-likeness (QED) is 0.647. The van der Waals surface area contributed by atoms with Crippen LogP contribution in [0.15, 0.2) is 45.6 Å². The first-order chi connectivity index (χ1) is 12.7. The van der Waals surface area contributed by atoms with Crippen LogP contribution in [0.1, 0.15) is 37.3 Å². The summed E-state index contributed by atoms with van der Waals surface area (Å²) >= 11 is 1.58. The number of benzene rings is 1. The molecule has 0 fully saturated rings. The molecule has 3 rings (SSSR count). The van der Waals surface area contributed by atoms with Gasteiger partial charge in [0.2, 0.25) is 17.6 Å². The molecule has 26 heavy (non-hydrogen) atoms. The lowest BCUT2D eigenvalue weighted by molar-refractivity contribution is -0.121. The molecular weight excluding hydrogens is 350 g/mol. The molecule has 1 unspecified atom stereocenters. The number of hydrogen-bond donors (Lipinski definition) is 1. The third-order valence-corrected chi connectivity index (χ3v) is 4.76. The van der Waals surface area contributed by atoms with Gasteiger partial charge in [0, 0.05) is 23.8 Å². The van der Waals surface area contributed by atoms with Crippen molar-refractivity contribution in [2.45, 2.75) is 32.2 Å². The molecule has 2 heterocycles. The van der Waals surface area contributed by atoms with Crippen LogP contribution in [-0.2, 0) is 11.2 Å². The van der Waals surface area contributed by atoms with Crippen molar-refractivity contribution in [1.29, 1.82) is 0 Å². The van der Waals surface area contributed by atoms with Gasteiger partial charge in [-0.05, 0) is 35.6 Å². The third-order valence-electron chi connectivity index (χ3n) is 4.08. The van der Waals surface area contributed by atoms with Crippen LogP contribution < -0.4 is 10.1 Å². The minimum Gasteiger partial charge on any atom is -0.497 e. The van der Waals surface area contributed by atoms with Crippen molar-refractivity contribution in [2.24, 2.45) is 0 Å². The lowest BCUT2D eigenvalue weighted by Crippen LogP contribution is -2.28. The molecule has 2 aromatic heterocycles. The van der Waals surface area contributed by atoms with Gasteiger partial charge in [0.05, 0.1) is 13.2 Å². The minimum atomic E-state index is -0.0389. The molecule has 0 spiro atoms. The number of methoxy groups -OCH3 is 1. The normalized spacial score (nSPS) is 11.9. The van der Waals surface area contributed by atoms with Gasteiger partial charge in [0.25, 0.3) is 0 Å². The number of carbonyl (C=O) groups is 1. The average molecular weight is 371 g/mol. The molecule has 1 amide bonds. The highest BCUT2D eigenvalue weighted by atomic mass is 32.1. The van der Waals surface area contributed by atoms with Crippen LogP contribution in [-0.4, -0.2) is 23.2 Å². The van der Waals surface area contributed by atoms with E-state index in [-0.39, 0.29) is 11.9 Å². The van der Waals surface area contributed by atoms with Crippen LogP contribution in [0.2, 0.25) is 0 Å². The molecule has 0 radical (unpaired) electrons. The summed E-state index contributed by atoms with van der Waals surface area (Å²) in [5.74, 6) is 1.79. The standard InChI is InChI=1S/C19H21N3O3S/c1-3-16(13-4-6-15(24-2)7-5-13)20-17(23)8-9-18-21-19(22-25-18)14-10-11-26-12-14/h4-7,10-12,16H,3,8-9H2,1-2H3,(H,20,23). The molecule has 0 aliphatic rings. The average Bonchev–Trinajstić information content (AvgIpc) is 3.36. The van der Waals surface area contributed by atoms with Crippen LogP contribution in [0.5, 0.6) is 5.75 Å². The molecule has 0 aliphatic carbocycles. The van der Waals surface area contributed by atoms with Crippen molar-refractivity contribution < 1.29 is 14.1 Å². The third kappa shape index (κ3) is 4.49. The monoisotopic (exact) mass is 371 g/mol. The Labute approximate surface area is 156 Å². The molecule has 1 N–H and O–H groups in total. The van der Waals surface area contributed by atoms with Crippen LogP contribution >= 0.6 is 11.3 Å². The molecule has 0 bridgehead atoms. The van der Waals surface area contributed by atoms with E-state index in [9.17, 15) is 4.79 Å². The largest absolute Gasteiger partial charge is 0.497 e. The number of carbonyl (C=O) groups excluding carboxylic acids is 1. The smallest absolute Gasteiger partial charge is 0.227 e. The number of nitrogens with one attached hydrogen (secondary N) is 1. The number of amides is 1. The molecule has 3 aromatic rings. The Morgan fingerprint density at radius 2 is 2.12 bits per heavy atom. The highest BCUT2D eigenvalue weighted by Crippen LogP contribution is 2.21. The van der Waals surface area contributed by atoms with Crippen molar-refractivity contribution in [3.05, 3.63) is 52.5 Å². The number of aryl methyl sites for hydroxylation is 1. The molecule has 1 atom stereocenters. The van der Waals surface area contributed by atoms with Gasteiger partial charge in [0.1, 0.15) is 5.75 Å². The zero-order valence-corrected chi connectivity index (χ0v) is 15.6. The summed E-state index contributed by atoms with van der Waals surface area (Å²) in [6.45, 7) is 2.04. The summed E-state index contributed by atoms with van der Waals surface area (Å²) in [6.07, 6.45) is 1.53. The molecule has 0 aliphatic heterocycles. The van der Waals surface area contributed by atoms with E-state index in [2.05, 4.69) is 15.5 Å². The summed E-state index contributed by atoms with van der Waals surface area (Å²) < 4.78 is 10.4. The van der Waals surface area contributed by atoms with E-state index < -0.39 is 0 Å². The van der Waals surface area contributed by atoms with Crippen molar-refractivity contribution in [1.82, 2.24) is 15.5 Å². The summed E-state index contributed by atoms with van der Waals surface area (Å²) in [5, 5.41) is 10.9. The highest BCUT2D eigenvalue weighted by molar-refractivity contribution is 7.08. The van der Waals surface area contributed by atoms with E-state index in [1.54, 1.807) is 18.4 Å². The Kier molecular flexibility index (Phi) is 6.01. The van der Waals surface area contributed by atoms with E-state index in [1.165, 1.54) is 0 Å². The van der Waals surface area contributed by atoms with Gasteiger partial charge < -0.3 is 14.6 Å². The minimum absolute atomic E-state index is 0.0301. The number of aromatic nitrogens is 2. The summed E-state index contributed by atoms with van der Waals surface area (Å²) in [7, 11) is 1.63. The fourth-order valence-corrected chi connectivity index (χ4v) is 3.24. The molecule has 136 valence electrons. The fraction of sp³-hybridized carbons (Fsp3) is 0.316. The Morgan fingerprint density at radius 1 is 1.31 bits per heavy atom. The maximum absolute atomic E-state index is 12.3. The van der Waals surface area contributed by atoms with E-state index in [0.717, 1.165) is 23.3 Å². The predicted octanol–water partition coefficient (Wildman–Crippen LogP) is 4.01. The Hall–Kier alpha value is -2.67. The molecular formula is C19H21N3O3S. The number of rotatable bonds is 8. The Morgan fingerprint density at radius 3 is 2.77 bits per heavy atom. The van der Waals surface area contributed by atoms with E-state index in [4.69, 9.17) is 9.26 Å². The fourth-order valence-electron chi connectivity index (χ4n) is 2.61. The molecule has 0 saturated heterocycles. The van der Waals surface area contributed by atoms with Gasteiger partial charge in [-0.15, -0.1) is 0 Å². The van der Waals surface area contributed by atoms with Crippen LogP contribution in [0, 0.1) is 0 Å². The molecule has 6 nitrogen and oxygen atoms in total. The second-order valence-electron chi connectivity index (χ2n) is 5.83. The van der Waals surface area contributed by atoms with Crippen LogP contribution in [0.3, 0.4) is 0 Å². The second-order valence-corrected chi connectivity index (χ2v) is 6.61. The van der Waals surface area contributed by atoms with Gasteiger partial charge in [-0.3, -0.25) is 4.79 Å². The van der Waals surface area contributed by atoms with Crippen molar-refractivity contribution in [3.63, 3.8) is 0 Å². The summed E-state index contributed by atoms with van der Waals surface area (Å²) in [6, 6.07) is 9.64. The van der Waals surface area contributed by atoms with Crippen molar-refractivity contribution >= 4 is 17.2 Å². The first-order valence-electron chi connectivity index (χ1n) is 8.48. The topological polar surface area (TPSA) is 77.3 Å². The molecule has 0 saturated carbocycles. The first kappa shape index (κ1) is 18.1. The summed E-state index contributed by atoms with van der Waals surface area (Å²) in [5.41, 5.74) is 1.99. The van der Waals surface area contributed by atoms with Crippen molar-refractivity contribution in [2.75, 3.05) is 7.11 Å². The van der Waals surface area contributed by atoms with Gasteiger partial charge >= 0.3 is 0 Å². The first-order valence-corrected chi connectivity index (χ1v) is 9.42. The van der Waals surface area contributed by atoms with Crippen LogP contribution in [0.4, 0.5) is 0 Å². The molecule has 1 aromatic carbocycles. The van der Waals surface area contributed by atoms with Gasteiger partial charge in [-0.1, -0.05) is 24.2 Å². The summed E-state index contributed by atoms with van der Waals surface area (Å²) in [4.78, 5) is 16.6. The van der Waals surface area contributed by atoms with E-state index in [1.807, 2.05) is 48.0 Å². The van der Waals surface area contributed by atoms with Crippen LogP contribution in [0.25, 0.3) is 11.4 Å². The SMILES string of the molecule is CCC(NC(=O)CCc1nc(-c2ccsc2)no1)c1ccc(OC)cc1. The highest BCUT2D eigenvalue weighted by Gasteiger charge is 2.15. The van der Waals surface area contributed by atoms with Crippen molar-refractivity contribution in [3.8, 4) is 17.1 Å². The lowest BCUT2D eigenvalue weighted by atomic mass is 10.0. The van der Waals surface area contributed by atoms with E-state index >= 15 is 0 Å². The van der Waals surface area contributed by atoms with Gasteiger partial charge in [0.15, 0.2) is 0 Å². The number of thiophene rings is 1. The van der Waals surface area contributed by atoms with E-state index in [0.29, 0.717) is 24.6 Å². The lowest BCUT2D eigenvalue weighted by Gasteiger charge is -2.17. The predicted molar refractivity (Wildman–Crippen MR) is 100 cm³/mol. The number of hydrogen-bond acceptors (Lipinski definition) is 6. The van der Waals surface area contributed by atoms with Gasteiger partial charge in [-0.2, -0.15) is 16.3 Å². The zero-order valence-electron chi connectivity index (χ0n) is 14.8. The Bertz CT molecular complexity index is 828. The number of nitrogens with zero attached hydrogens (tertiary/aromatic N) is 2. The maximum atomic E-state index is 12.3.